The second-order valence-corrected chi connectivity index (χ2v) is 20.4. The lowest BCUT2D eigenvalue weighted by atomic mass is 10.1. The Labute approximate surface area is 274 Å². The molecule has 252 valence electrons. The van der Waals surface area contributed by atoms with Crippen LogP contribution in [0.4, 0.5) is 0 Å². The second-order valence-electron chi connectivity index (χ2n) is 13.0. The summed E-state index contributed by atoms with van der Waals surface area (Å²) >= 11 is 0. The first-order valence-corrected chi connectivity index (χ1v) is 19.9. The zero-order chi connectivity index (χ0) is 33.8. The van der Waals surface area contributed by atoms with E-state index in [0.717, 1.165) is 23.2 Å². The molecule has 0 bridgehead atoms. The standard InChI is InChI=1S/C34H49N3O7SSi/c1-21(2)46(22(3)4,23(5)6)41-20-32-25(8)43-34(37-32)31-13-12-30(36-31)26-15-28(42-24(7)19-40-9)17-29(16-26)44-27-11-14-33(35-18-27)45(10,38)39/h11-18,21-25,32,36H,19-20H2,1-10H3/t24-,25-,32+/m0/s1. The number of benzene rings is 1. The van der Waals surface area contributed by atoms with Gasteiger partial charge in [-0.15, -0.1) is 0 Å². The van der Waals surface area contributed by atoms with E-state index in [9.17, 15) is 8.42 Å². The number of methoxy groups -OCH3 is 1. The number of rotatable bonds is 15. The van der Waals surface area contributed by atoms with E-state index in [0.29, 0.717) is 53.0 Å². The Morgan fingerprint density at radius 3 is 2.15 bits per heavy atom. The normalized spacial score (nSPS) is 17.8. The van der Waals surface area contributed by atoms with E-state index in [-0.39, 0.29) is 23.3 Å². The fourth-order valence-corrected chi connectivity index (χ4v) is 12.4. The molecule has 1 aliphatic rings. The Kier molecular flexibility index (Phi) is 11.4. The van der Waals surface area contributed by atoms with Crippen molar-refractivity contribution >= 4 is 24.1 Å². The van der Waals surface area contributed by atoms with Gasteiger partial charge in [-0.05, 0) is 66.9 Å². The van der Waals surface area contributed by atoms with E-state index in [4.69, 9.17) is 28.4 Å². The van der Waals surface area contributed by atoms with Crippen molar-refractivity contribution in [3.05, 3.63) is 54.4 Å². The molecule has 1 aliphatic heterocycles. The van der Waals surface area contributed by atoms with Crippen molar-refractivity contribution in [3.63, 3.8) is 0 Å². The molecule has 0 radical (unpaired) electrons. The summed E-state index contributed by atoms with van der Waals surface area (Å²) in [6.45, 7) is 18.6. The van der Waals surface area contributed by atoms with Crippen molar-refractivity contribution in [1.82, 2.24) is 9.97 Å². The van der Waals surface area contributed by atoms with E-state index in [1.54, 1.807) is 19.2 Å². The number of sulfone groups is 1. The lowest BCUT2D eigenvalue weighted by Gasteiger charge is -2.42. The number of H-pyrrole nitrogens is 1. The smallest absolute Gasteiger partial charge is 0.233 e. The zero-order valence-electron chi connectivity index (χ0n) is 28.7. The van der Waals surface area contributed by atoms with Crippen molar-refractivity contribution in [3.8, 4) is 28.5 Å². The van der Waals surface area contributed by atoms with Crippen LogP contribution in [0.1, 0.15) is 61.1 Å². The van der Waals surface area contributed by atoms with Gasteiger partial charge in [0.25, 0.3) is 0 Å². The molecule has 0 aliphatic carbocycles. The molecule has 1 aromatic carbocycles. The summed E-state index contributed by atoms with van der Waals surface area (Å²) in [5.41, 5.74) is 3.89. The van der Waals surface area contributed by atoms with Crippen LogP contribution in [-0.2, 0) is 23.7 Å². The van der Waals surface area contributed by atoms with E-state index in [1.165, 1.54) is 12.3 Å². The van der Waals surface area contributed by atoms with Crippen LogP contribution in [-0.4, -0.2) is 77.4 Å². The largest absolute Gasteiger partial charge is 0.488 e. The average molecular weight is 672 g/mol. The van der Waals surface area contributed by atoms with Gasteiger partial charge >= 0.3 is 0 Å². The van der Waals surface area contributed by atoms with Gasteiger partial charge in [-0.2, -0.15) is 0 Å². The number of aromatic amines is 1. The highest BCUT2D eigenvalue weighted by atomic mass is 32.2. The van der Waals surface area contributed by atoms with Crippen LogP contribution in [0.2, 0.25) is 16.6 Å². The fraction of sp³-hybridized carbons (Fsp3) is 0.529. The zero-order valence-corrected chi connectivity index (χ0v) is 30.5. The summed E-state index contributed by atoms with van der Waals surface area (Å²) in [5, 5.41) is -0.0220. The minimum Gasteiger partial charge on any atom is -0.488 e. The van der Waals surface area contributed by atoms with Gasteiger partial charge in [-0.1, -0.05) is 41.5 Å². The summed E-state index contributed by atoms with van der Waals surface area (Å²) in [6.07, 6.45) is 2.19. The first-order valence-electron chi connectivity index (χ1n) is 15.9. The molecule has 0 saturated carbocycles. The highest BCUT2D eigenvalue weighted by molar-refractivity contribution is 7.90. The summed E-state index contributed by atoms with van der Waals surface area (Å²) < 4.78 is 54.2. The van der Waals surface area contributed by atoms with Gasteiger partial charge < -0.3 is 28.4 Å². The van der Waals surface area contributed by atoms with E-state index in [1.807, 2.05) is 38.1 Å². The first kappa shape index (κ1) is 35.7. The van der Waals surface area contributed by atoms with E-state index < -0.39 is 18.2 Å². The van der Waals surface area contributed by atoms with Crippen LogP contribution >= 0.6 is 0 Å². The Balaban J connectivity index is 1.58. The number of ether oxygens (including phenoxy) is 4. The SMILES string of the molecule is COC[C@H](C)Oc1cc(Oc2ccc(S(C)(=O)=O)nc2)cc(-c2ccc(C3=N[C@H](CO[Si](C(C)C)(C(C)C)C(C)C)[C@H](C)O3)[nH]2)c1. The number of nitrogens with one attached hydrogen (secondary N) is 1. The second kappa shape index (κ2) is 14.7. The molecule has 2 aromatic heterocycles. The van der Waals surface area contributed by atoms with E-state index in [2.05, 4.69) is 51.5 Å². The number of hydrogen-bond donors (Lipinski definition) is 1. The quantitative estimate of drug-likeness (QED) is 0.166. The summed E-state index contributed by atoms with van der Waals surface area (Å²) in [6, 6.07) is 12.4. The maximum atomic E-state index is 11.8. The molecule has 0 spiro atoms. The highest BCUT2D eigenvalue weighted by Gasteiger charge is 2.46. The Hall–Kier alpha value is -3.19. The molecule has 0 unspecified atom stereocenters. The van der Waals surface area contributed by atoms with Crippen LogP contribution in [0.5, 0.6) is 17.2 Å². The Morgan fingerprint density at radius 1 is 0.913 bits per heavy atom. The van der Waals surface area contributed by atoms with Gasteiger partial charge in [0.1, 0.15) is 41.2 Å². The average Bonchev–Trinajstić information content (AvgIpc) is 3.60. The predicted molar refractivity (Wildman–Crippen MR) is 183 cm³/mol. The summed E-state index contributed by atoms with van der Waals surface area (Å²) in [5.74, 6) is 2.04. The summed E-state index contributed by atoms with van der Waals surface area (Å²) in [7, 11) is -3.82. The van der Waals surface area contributed by atoms with Crippen molar-refractivity contribution in [2.45, 2.75) is 95.3 Å². The molecule has 0 fully saturated rings. The molecular weight excluding hydrogens is 623 g/mol. The number of nitrogens with zero attached hydrogens (tertiary/aromatic N) is 2. The van der Waals surface area contributed by atoms with Crippen LogP contribution in [0, 0.1) is 0 Å². The predicted octanol–water partition coefficient (Wildman–Crippen LogP) is 7.41. The van der Waals surface area contributed by atoms with Crippen LogP contribution < -0.4 is 9.47 Å². The van der Waals surface area contributed by atoms with Gasteiger partial charge in [-0.25, -0.2) is 18.4 Å². The molecule has 3 atom stereocenters. The fourth-order valence-electron chi connectivity index (χ4n) is 6.40. The van der Waals surface area contributed by atoms with Crippen LogP contribution in [0.3, 0.4) is 0 Å². The van der Waals surface area contributed by atoms with Gasteiger partial charge in [0.05, 0.1) is 19.4 Å². The minimum atomic E-state index is -3.42. The molecule has 1 N–H and O–H groups in total. The molecule has 4 rings (SSSR count). The molecule has 3 aromatic rings. The van der Waals surface area contributed by atoms with Gasteiger partial charge in [0, 0.05) is 30.7 Å². The van der Waals surface area contributed by atoms with Crippen LogP contribution in [0.15, 0.2) is 58.7 Å². The molecule has 12 heteroatoms. The Bertz CT molecular complexity index is 1580. The maximum absolute atomic E-state index is 11.8. The van der Waals surface area contributed by atoms with Crippen molar-refractivity contribution in [2.24, 2.45) is 4.99 Å². The number of pyridine rings is 1. The molecule has 3 heterocycles. The summed E-state index contributed by atoms with van der Waals surface area (Å²) in [4.78, 5) is 12.4. The topological polar surface area (TPSA) is 121 Å². The van der Waals surface area contributed by atoms with Crippen LogP contribution in [0.25, 0.3) is 11.3 Å². The lowest BCUT2D eigenvalue weighted by Crippen LogP contribution is -2.49. The number of hydrogen-bond acceptors (Lipinski definition) is 9. The van der Waals surface area contributed by atoms with Crippen molar-refractivity contribution < 1.29 is 31.8 Å². The monoisotopic (exact) mass is 671 g/mol. The molecule has 0 saturated heterocycles. The minimum absolute atomic E-state index is 0.0220. The lowest BCUT2D eigenvalue weighted by molar-refractivity contribution is 0.0920. The molecular formula is C34H49N3O7SSi. The third-order valence-electron chi connectivity index (χ3n) is 8.50. The third-order valence-corrected chi connectivity index (χ3v) is 15.6. The van der Waals surface area contributed by atoms with Gasteiger partial charge in [0.2, 0.25) is 5.90 Å². The molecule has 46 heavy (non-hydrogen) atoms. The maximum Gasteiger partial charge on any atom is 0.233 e. The van der Waals surface area contributed by atoms with Gasteiger partial charge in [0.15, 0.2) is 23.2 Å². The number of aromatic nitrogens is 2. The van der Waals surface area contributed by atoms with E-state index >= 15 is 0 Å². The van der Waals surface area contributed by atoms with Crippen molar-refractivity contribution in [1.29, 1.82) is 0 Å². The molecule has 10 nitrogen and oxygen atoms in total. The molecule has 0 amide bonds. The number of aliphatic imine (C=N–C) groups is 1. The third kappa shape index (κ3) is 8.20. The Morgan fingerprint density at radius 2 is 1.57 bits per heavy atom. The van der Waals surface area contributed by atoms with Gasteiger partial charge in [-0.3, -0.25) is 0 Å². The van der Waals surface area contributed by atoms with Crippen molar-refractivity contribution in [2.75, 3.05) is 26.6 Å². The first-order chi connectivity index (χ1) is 21.6. The highest BCUT2D eigenvalue weighted by Crippen LogP contribution is 2.42.